The van der Waals surface area contributed by atoms with Gasteiger partial charge in [0.2, 0.25) is 0 Å². The molecule has 1 aliphatic carbocycles. The fourth-order valence-corrected chi connectivity index (χ4v) is 2.54. The van der Waals surface area contributed by atoms with Gasteiger partial charge in [0.05, 0.1) is 0 Å². The van der Waals surface area contributed by atoms with Crippen molar-refractivity contribution in [3.8, 4) is 0 Å². The zero-order valence-corrected chi connectivity index (χ0v) is 8.55. The molecule has 0 radical (unpaired) electrons. The molecule has 1 aliphatic heterocycles. The molecule has 1 spiro atoms. The lowest BCUT2D eigenvalue weighted by atomic mass is 9.94. The van der Waals surface area contributed by atoms with Crippen LogP contribution in [-0.4, -0.2) is 6.54 Å². The first-order valence-electron chi connectivity index (χ1n) is 5.70. The van der Waals surface area contributed by atoms with Crippen molar-refractivity contribution < 1.29 is 0 Å². The number of rotatable bonds is 0. The van der Waals surface area contributed by atoms with Crippen LogP contribution in [0.1, 0.15) is 31.2 Å². The van der Waals surface area contributed by atoms with Crippen LogP contribution < -0.4 is 5.32 Å². The lowest BCUT2D eigenvalue weighted by Crippen LogP contribution is -2.18. The van der Waals surface area contributed by atoms with Crippen LogP contribution in [0.25, 0.3) is 0 Å². The van der Waals surface area contributed by atoms with Crippen LogP contribution in [-0.2, 0) is 6.42 Å². The molecular weight excluding hydrogens is 170 g/mol. The minimum Gasteiger partial charge on any atom is -0.384 e. The van der Waals surface area contributed by atoms with Gasteiger partial charge in [-0.2, -0.15) is 0 Å². The van der Waals surface area contributed by atoms with Crippen LogP contribution in [0.5, 0.6) is 0 Å². The highest BCUT2D eigenvalue weighted by atomic mass is 14.9. The Bertz CT molecular complexity index is 339. The zero-order valence-electron chi connectivity index (χ0n) is 8.55. The van der Waals surface area contributed by atoms with Crippen molar-refractivity contribution >= 4 is 5.69 Å². The van der Waals surface area contributed by atoms with E-state index < -0.39 is 0 Å². The molecule has 0 bridgehead atoms. The number of fused-ring (bicyclic) bond motifs is 1. The standard InChI is InChI=1S/C13H17N/c1-2-6-12-11(4-1)5-3-7-13(8-9-13)10-14-12/h1-2,4,6,14H,3,5,7-10H2. The molecule has 0 atom stereocenters. The Labute approximate surface area is 85.5 Å². The van der Waals surface area contributed by atoms with E-state index in [9.17, 15) is 0 Å². The summed E-state index contributed by atoms with van der Waals surface area (Å²) >= 11 is 0. The molecule has 0 aromatic heterocycles. The van der Waals surface area contributed by atoms with Gasteiger partial charge in [0.25, 0.3) is 0 Å². The first-order valence-corrected chi connectivity index (χ1v) is 5.70. The van der Waals surface area contributed by atoms with Crippen molar-refractivity contribution in [1.29, 1.82) is 0 Å². The second-order valence-corrected chi connectivity index (χ2v) is 4.86. The first kappa shape index (κ1) is 8.34. The molecule has 0 unspecified atom stereocenters. The molecule has 1 N–H and O–H groups in total. The molecule has 1 aromatic rings. The third-order valence-electron chi connectivity index (χ3n) is 3.78. The number of para-hydroxylation sites is 1. The van der Waals surface area contributed by atoms with Gasteiger partial charge in [-0.05, 0) is 49.1 Å². The van der Waals surface area contributed by atoms with Gasteiger partial charge in [-0.15, -0.1) is 0 Å². The van der Waals surface area contributed by atoms with E-state index in [2.05, 4.69) is 29.6 Å². The molecule has 1 aromatic carbocycles. The third-order valence-corrected chi connectivity index (χ3v) is 3.78. The van der Waals surface area contributed by atoms with Crippen LogP contribution in [0.2, 0.25) is 0 Å². The van der Waals surface area contributed by atoms with Crippen LogP contribution in [0.4, 0.5) is 5.69 Å². The molecule has 2 aliphatic rings. The Kier molecular flexibility index (Phi) is 1.79. The van der Waals surface area contributed by atoms with Crippen LogP contribution in [0.15, 0.2) is 24.3 Å². The average Bonchev–Trinajstić information content (AvgIpc) is 2.94. The topological polar surface area (TPSA) is 12.0 Å². The van der Waals surface area contributed by atoms with Crippen molar-refractivity contribution in [2.45, 2.75) is 32.1 Å². The molecule has 0 amide bonds. The van der Waals surface area contributed by atoms with E-state index in [4.69, 9.17) is 0 Å². The van der Waals surface area contributed by atoms with Gasteiger partial charge in [0, 0.05) is 12.2 Å². The van der Waals surface area contributed by atoms with E-state index in [1.165, 1.54) is 49.9 Å². The highest BCUT2D eigenvalue weighted by Crippen LogP contribution is 2.50. The monoisotopic (exact) mass is 187 g/mol. The van der Waals surface area contributed by atoms with Crippen molar-refractivity contribution in [2.75, 3.05) is 11.9 Å². The predicted octanol–water partition coefficient (Wildman–Crippen LogP) is 3.22. The van der Waals surface area contributed by atoms with Gasteiger partial charge in [0.1, 0.15) is 0 Å². The average molecular weight is 187 g/mol. The van der Waals surface area contributed by atoms with Gasteiger partial charge in [-0.3, -0.25) is 0 Å². The Morgan fingerprint density at radius 2 is 1.93 bits per heavy atom. The smallest absolute Gasteiger partial charge is 0.0372 e. The Morgan fingerprint density at radius 1 is 1.07 bits per heavy atom. The number of nitrogens with one attached hydrogen (secondary N) is 1. The van der Waals surface area contributed by atoms with E-state index in [-0.39, 0.29) is 0 Å². The highest BCUT2D eigenvalue weighted by Gasteiger charge is 2.42. The summed E-state index contributed by atoms with van der Waals surface area (Å²) < 4.78 is 0. The summed E-state index contributed by atoms with van der Waals surface area (Å²) in [5.41, 5.74) is 3.56. The number of hydrogen-bond donors (Lipinski definition) is 1. The van der Waals surface area contributed by atoms with Crippen LogP contribution >= 0.6 is 0 Å². The number of aryl methyl sites for hydroxylation is 1. The minimum absolute atomic E-state index is 0.688. The van der Waals surface area contributed by atoms with E-state index in [1.807, 2.05) is 0 Å². The van der Waals surface area contributed by atoms with Gasteiger partial charge in [0.15, 0.2) is 0 Å². The van der Waals surface area contributed by atoms with Crippen molar-refractivity contribution in [3.63, 3.8) is 0 Å². The highest BCUT2D eigenvalue weighted by molar-refractivity contribution is 5.51. The first-order chi connectivity index (χ1) is 6.88. The summed E-state index contributed by atoms with van der Waals surface area (Å²) in [4.78, 5) is 0. The SMILES string of the molecule is c1ccc2c(c1)CCCC1(CC1)CN2. The summed E-state index contributed by atoms with van der Waals surface area (Å²) in [6.45, 7) is 1.20. The Hall–Kier alpha value is -0.980. The predicted molar refractivity (Wildman–Crippen MR) is 59.5 cm³/mol. The Balaban J connectivity index is 1.86. The van der Waals surface area contributed by atoms with Gasteiger partial charge in [-0.1, -0.05) is 18.2 Å². The minimum atomic E-state index is 0.688. The lowest BCUT2D eigenvalue weighted by Gasteiger charge is -2.22. The Morgan fingerprint density at radius 3 is 2.79 bits per heavy atom. The van der Waals surface area contributed by atoms with Gasteiger partial charge >= 0.3 is 0 Å². The maximum atomic E-state index is 3.62. The van der Waals surface area contributed by atoms with E-state index in [0.29, 0.717) is 5.41 Å². The fraction of sp³-hybridized carbons (Fsp3) is 0.538. The molecule has 1 heterocycles. The van der Waals surface area contributed by atoms with E-state index in [0.717, 1.165) is 0 Å². The summed E-state index contributed by atoms with van der Waals surface area (Å²) in [6.07, 6.45) is 6.95. The van der Waals surface area contributed by atoms with E-state index >= 15 is 0 Å². The van der Waals surface area contributed by atoms with E-state index in [1.54, 1.807) is 0 Å². The van der Waals surface area contributed by atoms with Crippen molar-refractivity contribution in [2.24, 2.45) is 5.41 Å². The maximum Gasteiger partial charge on any atom is 0.0372 e. The number of hydrogen-bond acceptors (Lipinski definition) is 1. The summed E-state index contributed by atoms with van der Waals surface area (Å²) in [5.74, 6) is 0. The molecule has 1 fully saturated rings. The second kappa shape index (κ2) is 3.01. The maximum absolute atomic E-state index is 3.62. The molecule has 3 rings (SSSR count). The molecular formula is C13H17N. The van der Waals surface area contributed by atoms with Gasteiger partial charge < -0.3 is 5.32 Å². The third kappa shape index (κ3) is 1.41. The van der Waals surface area contributed by atoms with Crippen molar-refractivity contribution in [1.82, 2.24) is 0 Å². The molecule has 1 nitrogen and oxygen atoms in total. The lowest BCUT2D eigenvalue weighted by molar-refractivity contribution is 0.467. The largest absolute Gasteiger partial charge is 0.384 e. The van der Waals surface area contributed by atoms with Crippen LogP contribution in [0, 0.1) is 5.41 Å². The summed E-state index contributed by atoms with van der Waals surface area (Å²) in [7, 11) is 0. The fourth-order valence-electron chi connectivity index (χ4n) is 2.54. The normalized spacial score (nSPS) is 23.1. The molecule has 14 heavy (non-hydrogen) atoms. The molecule has 1 heteroatoms. The molecule has 1 saturated carbocycles. The molecule has 74 valence electrons. The quantitative estimate of drug-likeness (QED) is 0.657. The van der Waals surface area contributed by atoms with Crippen molar-refractivity contribution in [3.05, 3.63) is 29.8 Å². The summed E-state index contributed by atoms with van der Waals surface area (Å²) in [5, 5.41) is 3.62. The second-order valence-electron chi connectivity index (χ2n) is 4.86. The zero-order chi connectivity index (χ0) is 9.43. The number of benzene rings is 1. The summed E-state index contributed by atoms with van der Waals surface area (Å²) in [6, 6.07) is 8.76. The van der Waals surface area contributed by atoms with Gasteiger partial charge in [-0.25, -0.2) is 0 Å². The van der Waals surface area contributed by atoms with Crippen LogP contribution in [0.3, 0.4) is 0 Å². The molecule has 0 saturated heterocycles. The number of anilines is 1.